The van der Waals surface area contributed by atoms with Crippen LogP contribution >= 0.6 is 0 Å². The summed E-state index contributed by atoms with van der Waals surface area (Å²) in [5.41, 5.74) is 1.17. The summed E-state index contributed by atoms with van der Waals surface area (Å²) >= 11 is 0. The van der Waals surface area contributed by atoms with E-state index in [1.165, 1.54) is 12.1 Å². The molecule has 1 aliphatic heterocycles. The van der Waals surface area contributed by atoms with Gasteiger partial charge in [-0.3, -0.25) is 4.79 Å². The van der Waals surface area contributed by atoms with Crippen LogP contribution in [0, 0.1) is 0 Å². The summed E-state index contributed by atoms with van der Waals surface area (Å²) in [4.78, 5) is 12.5. The fourth-order valence-corrected chi connectivity index (χ4v) is 2.80. The summed E-state index contributed by atoms with van der Waals surface area (Å²) in [5, 5.41) is 23.7. The minimum absolute atomic E-state index is 0.0245. The Morgan fingerprint density at radius 1 is 1.10 bits per heavy atom. The van der Waals surface area contributed by atoms with Crippen LogP contribution in [0.3, 0.4) is 0 Å². The topological polar surface area (TPSA) is 69.6 Å². The van der Waals surface area contributed by atoms with Crippen LogP contribution in [0.25, 0.3) is 0 Å². The number of phenolic OH excluding ortho intramolecular Hbond substituents is 2. The Labute approximate surface area is 123 Å². The lowest BCUT2D eigenvalue weighted by Gasteiger charge is -2.16. The lowest BCUT2D eigenvalue weighted by molar-refractivity contribution is 0.103. The van der Waals surface area contributed by atoms with Crippen molar-refractivity contribution >= 4 is 5.78 Å². The zero-order chi connectivity index (χ0) is 14.8. The number of hydrogen-bond acceptors (Lipinski definition) is 4. The number of rotatable bonds is 3. The Hall–Kier alpha value is -2.33. The Kier molecular flexibility index (Phi) is 3.62. The Morgan fingerprint density at radius 2 is 1.86 bits per heavy atom. The fraction of sp³-hybridized carbons (Fsp3) is 0.235. The molecule has 2 aromatic carbocycles. The maximum atomic E-state index is 12.5. The number of nitrogens with one attached hydrogen (secondary N) is 1. The second-order valence-corrected chi connectivity index (χ2v) is 5.24. The van der Waals surface area contributed by atoms with Crippen molar-refractivity contribution in [1.29, 1.82) is 0 Å². The highest BCUT2D eigenvalue weighted by Crippen LogP contribution is 2.39. The van der Waals surface area contributed by atoms with Crippen molar-refractivity contribution in [3.8, 4) is 11.5 Å². The number of carbonyl (C=O) groups excluding carboxylic acids is 1. The van der Waals surface area contributed by atoms with Gasteiger partial charge in [0.15, 0.2) is 5.78 Å². The van der Waals surface area contributed by atoms with E-state index in [1.807, 2.05) is 6.07 Å². The van der Waals surface area contributed by atoms with Gasteiger partial charge in [0.1, 0.15) is 11.5 Å². The molecule has 0 bridgehead atoms. The first-order valence-corrected chi connectivity index (χ1v) is 7.06. The van der Waals surface area contributed by atoms with Crippen molar-refractivity contribution in [3.63, 3.8) is 0 Å². The third-order valence-corrected chi connectivity index (χ3v) is 3.88. The number of ketones is 1. The smallest absolute Gasteiger partial charge is 0.196 e. The summed E-state index contributed by atoms with van der Waals surface area (Å²) in [6, 6.07) is 11.7. The molecule has 1 heterocycles. The average molecular weight is 283 g/mol. The molecule has 0 spiro atoms. The molecule has 3 rings (SSSR count). The van der Waals surface area contributed by atoms with Gasteiger partial charge in [-0.05, 0) is 31.5 Å². The Morgan fingerprint density at radius 3 is 2.52 bits per heavy atom. The van der Waals surface area contributed by atoms with Gasteiger partial charge in [-0.15, -0.1) is 0 Å². The SMILES string of the molecule is O=C(c1ccccc1)c1ccc(O)c(C2CCCN2)c1O. The summed E-state index contributed by atoms with van der Waals surface area (Å²) in [7, 11) is 0. The van der Waals surface area contributed by atoms with Crippen LogP contribution in [0.2, 0.25) is 0 Å². The van der Waals surface area contributed by atoms with Gasteiger partial charge in [-0.2, -0.15) is 0 Å². The molecule has 2 aromatic rings. The van der Waals surface area contributed by atoms with Crippen LogP contribution in [-0.4, -0.2) is 22.5 Å². The first-order chi connectivity index (χ1) is 10.2. The summed E-state index contributed by atoms with van der Waals surface area (Å²) in [6.07, 6.45) is 1.82. The second-order valence-electron chi connectivity index (χ2n) is 5.24. The van der Waals surface area contributed by atoms with Crippen molar-refractivity contribution in [1.82, 2.24) is 5.32 Å². The first-order valence-electron chi connectivity index (χ1n) is 7.06. The number of phenols is 2. The monoisotopic (exact) mass is 283 g/mol. The van der Waals surface area contributed by atoms with Gasteiger partial charge in [-0.1, -0.05) is 30.3 Å². The fourth-order valence-electron chi connectivity index (χ4n) is 2.80. The van der Waals surface area contributed by atoms with Gasteiger partial charge >= 0.3 is 0 Å². The summed E-state index contributed by atoms with van der Waals surface area (Å²) in [5.74, 6) is -0.341. The molecule has 0 aliphatic carbocycles. The second kappa shape index (κ2) is 5.58. The lowest BCUT2D eigenvalue weighted by atomic mass is 9.95. The Balaban J connectivity index is 2.04. The average Bonchev–Trinajstić information content (AvgIpc) is 3.02. The maximum Gasteiger partial charge on any atom is 0.196 e. The van der Waals surface area contributed by atoms with E-state index in [9.17, 15) is 15.0 Å². The molecule has 1 unspecified atom stereocenters. The highest BCUT2D eigenvalue weighted by atomic mass is 16.3. The minimum Gasteiger partial charge on any atom is -0.507 e. The van der Waals surface area contributed by atoms with Crippen LogP contribution in [0.5, 0.6) is 11.5 Å². The van der Waals surface area contributed by atoms with Crippen molar-refractivity contribution in [3.05, 3.63) is 59.2 Å². The molecule has 1 saturated heterocycles. The highest BCUT2D eigenvalue weighted by Gasteiger charge is 2.26. The molecular weight excluding hydrogens is 266 g/mol. The molecule has 0 radical (unpaired) electrons. The van der Waals surface area contributed by atoms with E-state index >= 15 is 0 Å². The van der Waals surface area contributed by atoms with Gasteiger partial charge < -0.3 is 15.5 Å². The van der Waals surface area contributed by atoms with E-state index in [0.717, 1.165) is 19.4 Å². The van der Waals surface area contributed by atoms with Crippen molar-refractivity contribution in [2.45, 2.75) is 18.9 Å². The van der Waals surface area contributed by atoms with E-state index in [4.69, 9.17) is 0 Å². The molecule has 0 saturated carbocycles. The summed E-state index contributed by atoms with van der Waals surface area (Å²) in [6.45, 7) is 0.848. The van der Waals surface area contributed by atoms with Gasteiger partial charge in [-0.25, -0.2) is 0 Å². The van der Waals surface area contributed by atoms with Crippen LogP contribution in [-0.2, 0) is 0 Å². The van der Waals surface area contributed by atoms with Crippen LogP contribution in [0.1, 0.15) is 40.4 Å². The quantitative estimate of drug-likeness (QED) is 0.758. The molecule has 21 heavy (non-hydrogen) atoms. The van der Waals surface area contributed by atoms with E-state index in [0.29, 0.717) is 11.1 Å². The molecule has 0 aromatic heterocycles. The molecule has 1 atom stereocenters. The first kappa shape index (κ1) is 13.6. The van der Waals surface area contributed by atoms with Gasteiger partial charge in [0.05, 0.1) is 11.1 Å². The largest absolute Gasteiger partial charge is 0.507 e. The zero-order valence-electron chi connectivity index (χ0n) is 11.5. The number of aromatic hydroxyl groups is 2. The van der Waals surface area contributed by atoms with Gasteiger partial charge in [0.2, 0.25) is 0 Å². The van der Waals surface area contributed by atoms with Crippen LogP contribution in [0.15, 0.2) is 42.5 Å². The molecule has 1 fully saturated rings. The van der Waals surface area contributed by atoms with Crippen molar-refractivity contribution in [2.24, 2.45) is 0 Å². The molecule has 0 amide bonds. The normalized spacial score (nSPS) is 17.8. The predicted octanol–water partition coefficient (Wildman–Crippen LogP) is 2.75. The number of hydrogen-bond donors (Lipinski definition) is 3. The van der Waals surface area contributed by atoms with Gasteiger partial charge in [0, 0.05) is 11.6 Å². The van der Waals surface area contributed by atoms with Crippen LogP contribution in [0.4, 0.5) is 0 Å². The molecular formula is C17H17NO3. The Bertz CT molecular complexity index is 661. The third kappa shape index (κ3) is 2.50. The standard InChI is InChI=1S/C17H17NO3/c19-14-9-8-12(16(20)11-5-2-1-3-6-11)17(21)15(14)13-7-4-10-18-13/h1-3,5-6,8-9,13,18-19,21H,4,7,10H2. The van der Waals surface area contributed by atoms with E-state index in [1.54, 1.807) is 24.3 Å². The third-order valence-electron chi connectivity index (χ3n) is 3.88. The molecule has 4 heteroatoms. The molecule has 3 N–H and O–H groups in total. The van der Waals surface area contributed by atoms with Crippen molar-refractivity contribution < 1.29 is 15.0 Å². The van der Waals surface area contributed by atoms with Crippen molar-refractivity contribution in [2.75, 3.05) is 6.54 Å². The van der Waals surface area contributed by atoms with E-state index in [-0.39, 0.29) is 28.9 Å². The lowest BCUT2D eigenvalue weighted by Crippen LogP contribution is -2.14. The molecule has 1 aliphatic rings. The van der Waals surface area contributed by atoms with E-state index < -0.39 is 0 Å². The summed E-state index contributed by atoms with van der Waals surface area (Å²) < 4.78 is 0. The predicted molar refractivity (Wildman–Crippen MR) is 79.6 cm³/mol. The van der Waals surface area contributed by atoms with Crippen LogP contribution < -0.4 is 5.32 Å². The highest BCUT2D eigenvalue weighted by molar-refractivity contribution is 6.11. The van der Waals surface area contributed by atoms with Gasteiger partial charge in [0.25, 0.3) is 0 Å². The molecule has 108 valence electrons. The number of carbonyl (C=O) groups is 1. The zero-order valence-corrected chi connectivity index (χ0v) is 11.5. The number of benzene rings is 2. The maximum absolute atomic E-state index is 12.5. The minimum atomic E-state index is -0.243. The van der Waals surface area contributed by atoms with E-state index in [2.05, 4.69) is 5.32 Å². The molecule has 4 nitrogen and oxygen atoms in total.